The van der Waals surface area contributed by atoms with Gasteiger partial charge in [0.2, 0.25) is 5.91 Å². The first-order valence-corrected chi connectivity index (χ1v) is 11.4. The Bertz CT molecular complexity index is 763. The predicted octanol–water partition coefficient (Wildman–Crippen LogP) is 5.18. The lowest BCUT2D eigenvalue weighted by Gasteiger charge is -2.20. The van der Waals surface area contributed by atoms with E-state index in [9.17, 15) is 4.79 Å². The topological polar surface area (TPSA) is 59.8 Å². The number of carbonyl (C=O) groups is 1. The van der Waals surface area contributed by atoms with Crippen LogP contribution in [0.15, 0.2) is 29.4 Å². The first-order chi connectivity index (χ1) is 13.5. The molecule has 1 aliphatic rings. The Hall–Kier alpha value is -1.82. The van der Waals surface area contributed by atoms with Gasteiger partial charge >= 0.3 is 0 Å². The maximum atomic E-state index is 12.3. The number of carbonyl (C=O) groups excluding carboxylic acids is 1. The monoisotopic (exact) mass is 400 g/mol. The van der Waals surface area contributed by atoms with Gasteiger partial charge in [-0.1, -0.05) is 69.8 Å². The molecule has 5 nitrogen and oxygen atoms in total. The van der Waals surface area contributed by atoms with E-state index < -0.39 is 0 Å². The van der Waals surface area contributed by atoms with E-state index in [0.717, 1.165) is 29.0 Å². The Morgan fingerprint density at radius 2 is 1.89 bits per heavy atom. The number of rotatable bonds is 8. The number of nitrogens with one attached hydrogen (secondary N) is 1. The second-order valence-electron chi connectivity index (χ2n) is 8.11. The van der Waals surface area contributed by atoms with E-state index in [0.29, 0.717) is 11.7 Å². The fourth-order valence-electron chi connectivity index (χ4n) is 3.78. The third-order valence-electron chi connectivity index (χ3n) is 5.62. The fourth-order valence-corrected chi connectivity index (χ4v) is 4.51. The summed E-state index contributed by atoms with van der Waals surface area (Å²) in [5.41, 5.74) is 2.10. The molecule has 1 heterocycles. The Labute approximate surface area is 172 Å². The van der Waals surface area contributed by atoms with Crippen molar-refractivity contribution in [2.75, 3.05) is 11.1 Å². The van der Waals surface area contributed by atoms with Crippen molar-refractivity contribution >= 4 is 23.4 Å². The van der Waals surface area contributed by atoms with Gasteiger partial charge in [0.15, 0.2) is 5.16 Å². The summed E-state index contributed by atoms with van der Waals surface area (Å²) in [4.78, 5) is 12.3. The maximum Gasteiger partial charge on any atom is 0.234 e. The second-order valence-corrected chi connectivity index (χ2v) is 9.06. The summed E-state index contributed by atoms with van der Waals surface area (Å²) in [6.07, 6.45) is 9.03. The van der Waals surface area contributed by atoms with Gasteiger partial charge in [-0.3, -0.25) is 4.79 Å². The van der Waals surface area contributed by atoms with Crippen molar-refractivity contribution in [1.82, 2.24) is 14.8 Å². The van der Waals surface area contributed by atoms with Crippen molar-refractivity contribution in [2.45, 2.75) is 69.9 Å². The van der Waals surface area contributed by atoms with Crippen LogP contribution in [0.4, 0.5) is 5.69 Å². The Morgan fingerprint density at radius 1 is 1.18 bits per heavy atom. The van der Waals surface area contributed by atoms with Gasteiger partial charge in [0.05, 0.1) is 5.75 Å². The molecule has 0 atom stereocenters. The lowest BCUT2D eigenvalue weighted by molar-refractivity contribution is -0.113. The number of benzene rings is 1. The molecule has 1 aliphatic carbocycles. The predicted molar refractivity (Wildman–Crippen MR) is 116 cm³/mol. The lowest BCUT2D eigenvalue weighted by atomic mass is 9.86. The number of hydrogen-bond donors (Lipinski definition) is 1. The van der Waals surface area contributed by atoms with Crippen LogP contribution in [-0.4, -0.2) is 26.4 Å². The van der Waals surface area contributed by atoms with Gasteiger partial charge in [0, 0.05) is 19.2 Å². The molecule has 28 heavy (non-hydrogen) atoms. The third-order valence-corrected chi connectivity index (χ3v) is 6.64. The number of aromatic nitrogens is 3. The van der Waals surface area contributed by atoms with Crippen molar-refractivity contribution in [2.24, 2.45) is 13.0 Å². The highest BCUT2D eigenvalue weighted by molar-refractivity contribution is 7.99. The van der Waals surface area contributed by atoms with Gasteiger partial charge in [0.25, 0.3) is 0 Å². The van der Waals surface area contributed by atoms with Gasteiger partial charge in [-0.2, -0.15) is 0 Å². The molecule has 6 heteroatoms. The van der Waals surface area contributed by atoms with Crippen LogP contribution >= 0.6 is 11.8 Å². The van der Waals surface area contributed by atoms with Crippen LogP contribution in [0.5, 0.6) is 0 Å². The maximum absolute atomic E-state index is 12.3. The van der Waals surface area contributed by atoms with Gasteiger partial charge in [-0.15, -0.1) is 10.2 Å². The number of hydrogen-bond acceptors (Lipinski definition) is 4. The Morgan fingerprint density at radius 3 is 2.57 bits per heavy atom. The van der Waals surface area contributed by atoms with Crippen molar-refractivity contribution in [3.05, 3.63) is 35.7 Å². The van der Waals surface area contributed by atoms with Crippen molar-refractivity contribution in [1.29, 1.82) is 0 Å². The smallest absolute Gasteiger partial charge is 0.234 e. The molecule has 1 amide bonds. The molecular weight excluding hydrogens is 368 g/mol. The molecule has 0 saturated heterocycles. The zero-order chi connectivity index (χ0) is 19.9. The first-order valence-electron chi connectivity index (χ1n) is 10.4. The molecule has 1 aromatic heterocycles. The molecule has 3 rings (SSSR count). The van der Waals surface area contributed by atoms with Crippen molar-refractivity contribution < 1.29 is 4.79 Å². The van der Waals surface area contributed by atoms with Gasteiger partial charge in [-0.05, 0) is 36.0 Å². The molecule has 1 fully saturated rings. The highest BCUT2D eigenvalue weighted by Crippen LogP contribution is 2.27. The average Bonchev–Trinajstić information content (AvgIpc) is 3.05. The van der Waals surface area contributed by atoms with Crippen LogP contribution in [0.3, 0.4) is 0 Å². The van der Waals surface area contributed by atoms with E-state index in [1.165, 1.54) is 55.9 Å². The van der Waals surface area contributed by atoms with E-state index in [2.05, 4.69) is 41.5 Å². The summed E-state index contributed by atoms with van der Waals surface area (Å²) in [5.74, 6) is 2.67. The van der Waals surface area contributed by atoms with Crippen LogP contribution in [0.1, 0.15) is 69.7 Å². The highest BCUT2D eigenvalue weighted by atomic mass is 32.2. The van der Waals surface area contributed by atoms with Gasteiger partial charge in [-0.25, -0.2) is 0 Å². The third kappa shape index (κ3) is 5.84. The Balaban J connectivity index is 1.46. The standard InChI is InChI=1S/C22H32N4OS/c1-16(2)18-10-12-19(13-11-18)23-21(27)15-28-22-25-24-20(26(22)3)14-9-17-7-5-4-6-8-17/h10-13,16-17H,4-9,14-15H2,1-3H3,(H,23,27). The van der Waals surface area contributed by atoms with Crippen LogP contribution in [0.25, 0.3) is 0 Å². The zero-order valence-corrected chi connectivity index (χ0v) is 18.1. The van der Waals surface area contributed by atoms with Crippen molar-refractivity contribution in [3.63, 3.8) is 0 Å². The molecule has 0 radical (unpaired) electrons. The molecule has 0 aliphatic heterocycles. The normalized spacial score (nSPS) is 15.1. The van der Waals surface area contributed by atoms with Crippen LogP contribution in [0, 0.1) is 5.92 Å². The summed E-state index contributed by atoms with van der Waals surface area (Å²) >= 11 is 1.44. The summed E-state index contributed by atoms with van der Waals surface area (Å²) < 4.78 is 2.04. The van der Waals surface area contributed by atoms with Gasteiger partial charge < -0.3 is 9.88 Å². The minimum absolute atomic E-state index is 0.0194. The number of thioether (sulfide) groups is 1. The highest BCUT2D eigenvalue weighted by Gasteiger charge is 2.16. The van der Waals surface area contributed by atoms with Crippen molar-refractivity contribution in [3.8, 4) is 0 Å². The van der Waals surface area contributed by atoms with E-state index in [1.807, 2.05) is 23.7 Å². The van der Waals surface area contributed by atoms with Gasteiger partial charge in [0.1, 0.15) is 5.82 Å². The molecule has 1 aromatic carbocycles. The van der Waals surface area contributed by atoms with Crippen LogP contribution < -0.4 is 5.32 Å². The molecule has 1 N–H and O–H groups in total. The average molecular weight is 401 g/mol. The Kier molecular flexibility index (Phi) is 7.54. The molecule has 2 aromatic rings. The molecule has 0 bridgehead atoms. The van der Waals surface area contributed by atoms with E-state index >= 15 is 0 Å². The number of amides is 1. The second kappa shape index (κ2) is 10.1. The van der Waals surface area contributed by atoms with E-state index in [1.54, 1.807) is 0 Å². The fraction of sp³-hybridized carbons (Fsp3) is 0.591. The number of anilines is 1. The molecular formula is C22H32N4OS. The molecule has 1 saturated carbocycles. The number of aryl methyl sites for hydroxylation is 1. The zero-order valence-electron chi connectivity index (χ0n) is 17.3. The van der Waals surface area contributed by atoms with E-state index in [4.69, 9.17) is 0 Å². The molecule has 152 valence electrons. The SMILES string of the molecule is CC(C)c1ccc(NC(=O)CSc2nnc(CCC3CCCCC3)n2C)cc1. The van der Waals surface area contributed by atoms with Crippen LogP contribution in [-0.2, 0) is 18.3 Å². The summed E-state index contributed by atoms with van der Waals surface area (Å²) in [6.45, 7) is 4.32. The molecule has 0 unspecified atom stereocenters. The first kappa shape index (κ1) is 20.9. The quantitative estimate of drug-likeness (QED) is 0.620. The summed E-state index contributed by atoms with van der Waals surface area (Å²) in [6, 6.07) is 8.05. The minimum atomic E-state index is -0.0194. The van der Waals surface area contributed by atoms with E-state index in [-0.39, 0.29) is 5.91 Å². The number of nitrogens with zero attached hydrogens (tertiary/aromatic N) is 3. The minimum Gasteiger partial charge on any atom is -0.325 e. The van der Waals surface area contributed by atoms with Crippen LogP contribution in [0.2, 0.25) is 0 Å². The molecule has 0 spiro atoms. The largest absolute Gasteiger partial charge is 0.325 e. The summed E-state index contributed by atoms with van der Waals surface area (Å²) in [5, 5.41) is 12.4. The summed E-state index contributed by atoms with van der Waals surface area (Å²) in [7, 11) is 2.00. The lowest BCUT2D eigenvalue weighted by Crippen LogP contribution is -2.14.